The fourth-order valence-electron chi connectivity index (χ4n) is 2.50. The van der Waals surface area contributed by atoms with Crippen LogP contribution >= 0.6 is 0 Å². The van der Waals surface area contributed by atoms with Gasteiger partial charge in [0.15, 0.2) is 5.60 Å². The van der Waals surface area contributed by atoms with Gasteiger partial charge in [0.05, 0.1) is 6.54 Å². The molecule has 0 aromatic rings. The van der Waals surface area contributed by atoms with Gasteiger partial charge in [0, 0.05) is 26.1 Å². The fourth-order valence-corrected chi connectivity index (χ4v) is 2.50. The molecule has 1 fully saturated rings. The molecule has 8 nitrogen and oxygen atoms in total. The maximum Gasteiger partial charge on any atom is 0.337 e. The minimum absolute atomic E-state index is 0.0401. The van der Waals surface area contributed by atoms with E-state index in [0.29, 0.717) is 25.6 Å². The number of carboxylic acids is 1. The second-order valence-electron chi connectivity index (χ2n) is 7.09. The van der Waals surface area contributed by atoms with Crippen LogP contribution in [0.5, 0.6) is 0 Å². The number of nitrogens with one attached hydrogen (secondary N) is 2. The average molecular weight is 343 g/mol. The molecule has 0 aliphatic carbocycles. The van der Waals surface area contributed by atoms with E-state index in [1.54, 1.807) is 4.90 Å². The number of carbonyl (C=O) groups is 3. The molecule has 2 atom stereocenters. The number of urea groups is 1. The van der Waals surface area contributed by atoms with E-state index in [-0.39, 0.29) is 30.8 Å². The molecule has 0 bridgehead atoms. The van der Waals surface area contributed by atoms with Crippen molar-refractivity contribution in [3.05, 3.63) is 0 Å². The standard InChI is InChI=1S/C16H29N3O5/c1-11(2)8-17-15(23)19-6-4-5-12(9-19)7-13(20)18-10-16(3,24)14(21)22/h11-12,24H,4-10H2,1-3H3,(H,17,23)(H,18,20)(H,21,22). The van der Waals surface area contributed by atoms with E-state index < -0.39 is 11.6 Å². The summed E-state index contributed by atoms with van der Waals surface area (Å²) >= 11 is 0. The molecule has 1 aliphatic rings. The lowest BCUT2D eigenvalue weighted by molar-refractivity contribution is -0.156. The lowest BCUT2D eigenvalue weighted by Gasteiger charge is -2.33. The summed E-state index contributed by atoms with van der Waals surface area (Å²) in [6.07, 6.45) is 1.89. The Morgan fingerprint density at radius 3 is 2.54 bits per heavy atom. The van der Waals surface area contributed by atoms with E-state index in [1.807, 2.05) is 13.8 Å². The van der Waals surface area contributed by atoms with E-state index >= 15 is 0 Å². The number of carboxylic acid groups (broad SMARTS) is 1. The van der Waals surface area contributed by atoms with Crippen molar-refractivity contribution in [3.8, 4) is 0 Å². The van der Waals surface area contributed by atoms with Crippen molar-refractivity contribution in [2.75, 3.05) is 26.2 Å². The highest BCUT2D eigenvalue weighted by Crippen LogP contribution is 2.19. The molecule has 1 saturated heterocycles. The summed E-state index contributed by atoms with van der Waals surface area (Å²) in [5.41, 5.74) is -1.98. The highest BCUT2D eigenvalue weighted by Gasteiger charge is 2.31. The fraction of sp³-hybridized carbons (Fsp3) is 0.812. The van der Waals surface area contributed by atoms with E-state index in [0.717, 1.165) is 19.8 Å². The van der Waals surface area contributed by atoms with E-state index in [4.69, 9.17) is 5.11 Å². The van der Waals surface area contributed by atoms with Gasteiger partial charge in [-0.3, -0.25) is 4.79 Å². The topological polar surface area (TPSA) is 119 Å². The van der Waals surface area contributed by atoms with Crippen LogP contribution in [0.1, 0.15) is 40.0 Å². The van der Waals surface area contributed by atoms with Crippen LogP contribution < -0.4 is 10.6 Å². The molecule has 1 heterocycles. The maximum atomic E-state index is 12.1. The summed E-state index contributed by atoms with van der Waals surface area (Å²) < 4.78 is 0. The van der Waals surface area contributed by atoms with Gasteiger partial charge in [-0.25, -0.2) is 9.59 Å². The predicted molar refractivity (Wildman–Crippen MR) is 88.4 cm³/mol. The molecular weight excluding hydrogens is 314 g/mol. The molecule has 3 amide bonds. The molecule has 4 N–H and O–H groups in total. The molecule has 1 rings (SSSR count). The number of likely N-dealkylation sites (tertiary alicyclic amines) is 1. The summed E-state index contributed by atoms with van der Waals surface area (Å²) in [5, 5.41) is 23.7. The second-order valence-corrected chi connectivity index (χ2v) is 7.09. The number of amides is 3. The molecule has 24 heavy (non-hydrogen) atoms. The Morgan fingerprint density at radius 1 is 1.29 bits per heavy atom. The van der Waals surface area contributed by atoms with Crippen LogP contribution in [0, 0.1) is 11.8 Å². The largest absolute Gasteiger partial charge is 0.479 e. The van der Waals surface area contributed by atoms with Crippen LogP contribution in [0.15, 0.2) is 0 Å². The van der Waals surface area contributed by atoms with Gasteiger partial charge in [-0.2, -0.15) is 0 Å². The zero-order chi connectivity index (χ0) is 18.3. The Kier molecular flexibility index (Phi) is 7.47. The normalized spacial score (nSPS) is 20.4. The summed E-state index contributed by atoms with van der Waals surface area (Å²) in [7, 11) is 0. The molecule has 138 valence electrons. The molecule has 0 aromatic heterocycles. The minimum Gasteiger partial charge on any atom is -0.479 e. The monoisotopic (exact) mass is 343 g/mol. The van der Waals surface area contributed by atoms with Crippen LogP contribution in [0.4, 0.5) is 4.79 Å². The first-order valence-electron chi connectivity index (χ1n) is 8.37. The van der Waals surface area contributed by atoms with Gasteiger partial charge in [-0.1, -0.05) is 13.8 Å². The van der Waals surface area contributed by atoms with Gasteiger partial charge >= 0.3 is 12.0 Å². The van der Waals surface area contributed by atoms with Gasteiger partial charge < -0.3 is 25.7 Å². The number of aliphatic hydroxyl groups is 1. The number of nitrogens with zero attached hydrogens (tertiary/aromatic N) is 1. The highest BCUT2D eigenvalue weighted by molar-refractivity contribution is 5.80. The smallest absolute Gasteiger partial charge is 0.337 e. The number of hydrogen-bond donors (Lipinski definition) is 4. The number of aliphatic carboxylic acids is 1. The Bertz CT molecular complexity index is 465. The predicted octanol–water partition coefficient (Wildman–Crippen LogP) is 0.406. The minimum atomic E-state index is -1.98. The van der Waals surface area contributed by atoms with Gasteiger partial charge in [0.1, 0.15) is 0 Å². The summed E-state index contributed by atoms with van der Waals surface area (Å²) in [6, 6.07) is -0.109. The summed E-state index contributed by atoms with van der Waals surface area (Å²) in [5.74, 6) is -1.28. The first-order chi connectivity index (χ1) is 11.1. The van der Waals surface area contributed by atoms with Crippen molar-refractivity contribution < 1.29 is 24.6 Å². The lowest BCUT2D eigenvalue weighted by Crippen LogP contribution is -2.48. The third-order valence-corrected chi connectivity index (χ3v) is 4.03. The van der Waals surface area contributed by atoms with E-state index in [2.05, 4.69) is 10.6 Å². The molecule has 2 unspecified atom stereocenters. The molecular formula is C16H29N3O5. The van der Waals surface area contributed by atoms with Gasteiger partial charge in [0.25, 0.3) is 0 Å². The maximum absolute atomic E-state index is 12.1. The van der Waals surface area contributed by atoms with Crippen molar-refractivity contribution in [1.29, 1.82) is 0 Å². The number of hydrogen-bond acceptors (Lipinski definition) is 4. The number of rotatable bonds is 7. The quantitative estimate of drug-likeness (QED) is 0.534. The average Bonchev–Trinajstić information content (AvgIpc) is 2.50. The molecule has 0 radical (unpaired) electrons. The molecule has 8 heteroatoms. The Labute approximate surface area is 142 Å². The first kappa shape index (κ1) is 20.2. The molecule has 0 saturated carbocycles. The van der Waals surface area contributed by atoms with Gasteiger partial charge in [-0.05, 0) is 31.6 Å². The Morgan fingerprint density at radius 2 is 1.96 bits per heavy atom. The molecule has 1 aliphatic heterocycles. The van der Waals surface area contributed by atoms with Crippen LogP contribution in [0.3, 0.4) is 0 Å². The van der Waals surface area contributed by atoms with Crippen molar-refractivity contribution in [2.45, 2.75) is 45.6 Å². The third-order valence-electron chi connectivity index (χ3n) is 4.03. The first-order valence-corrected chi connectivity index (χ1v) is 8.37. The van der Waals surface area contributed by atoms with Crippen molar-refractivity contribution in [2.24, 2.45) is 11.8 Å². The van der Waals surface area contributed by atoms with Crippen LogP contribution in [-0.2, 0) is 9.59 Å². The number of piperidine rings is 1. The van der Waals surface area contributed by atoms with E-state index in [9.17, 15) is 19.5 Å². The van der Waals surface area contributed by atoms with Crippen molar-refractivity contribution in [3.63, 3.8) is 0 Å². The summed E-state index contributed by atoms with van der Waals surface area (Å²) in [4.78, 5) is 36.5. The van der Waals surface area contributed by atoms with Crippen molar-refractivity contribution >= 4 is 17.9 Å². The highest BCUT2D eigenvalue weighted by atomic mass is 16.4. The zero-order valence-electron chi connectivity index (χ0n) is 14.7. The van der Waals surface area contributed by atoms with Crippen LogP contribution in [-0.4, -0.2) is 64.8 Å². The SMILES string of the molecule is CC(C)CNC(=O)N1CCCC(CC(=O)NCC(C)(O)C(=O)O)C1. The zero-order valence-corrected chi connectivity index (χ0v) is 14.7. The van der Waals surface area contributed by atoms with Crippen LogP contribution in [0.2, 0.25) is 0 Å². The Balaban J connectivity index is 2.41. The molecule has 0 spiro atoms. The van der Waals surface area contributed by atoms with Gasteiger partial charge in [0.2, 0.25) is 5.91 Å². The molecule has 0 aromatic carbocycles. The summed E-state index contributed by atoms with van der Waals surface area (Å²) in [6.45, 7) is 6.64. The van der Waals surface area contributed by atoms with Crippen LogP contribution in [0.25, 0.3) is 0 Å². The lowest BCUT2D eigenvalue weighted by atomic mass is 9.94. The second kappa shape index (κ2) is 8.86. The van der Waals surface area contributed by atoms with Gasteiger partial charge in [-0.15, -0.1) is 0 Å². The third kappa shape index (κ3) is 6.74. The Hall–Kier alpha value is -1.83. The van der Waals surface area contributed by atoms with E-state index in [1.165, 1.54) is 0 Å². The van der Waals surface area contributed by atoms with Crippen molar-refractivity contribution in [1.82, 2.24) is 15.5 Å². The number of carbonyl (C=O) groups excluding carboxylic acids is 2.